The maximum Gasteiger partial charge on any atom is 0.265 e. The maximum absolute atomic E-state index is 12.5. The van der Waals surface area contributed by atoms with Crippen molar-refractivity contribution in [3.63, 3.8) is 0 Å². The number of hydrogen-bond donors (Lipinski definition) is 0. The Balaban J connectivity index is 1.30. The summed E-state index contributed by atoms with van der Waals surface area (Å²) in [4.78, 5) is 26.6. The first-order chi connectivity index (χ1) is 11.2. The van der Waals surface area contributed by atoms with E-state index in [4.69, 9.17) is 9.57 Å². The van der Waals surface area contributed by atoms with E-state index in [0.717, 1.165) is 37.6 Å². The van der Waals surface area contributed by atoms with Crippen molar-refractivity contribution in [2.45, 2.75) is 24.6 Å². The standard InChI is InChI=1S/C15H22N4O3S/c1-17-9-15(10-18(11-15)7-13-16-3-6-23-13)21-8-12(17)14(20)19-4-2-5-22-19/h3,6,12H,2,4-5,7-11H2,1H3. The first kappa shape index (κ1) is 15.5. The quantitative estimate of drug-likeness (QED) is 0.784. The lowest BCUT2D eigenvalue weighted by molar-refractivity contribution is -0.212. The molecule has 3 fully saturated rings. The first-order valence-electron chi connectivity index (χ1n) is 8.04. The van der Waals surface area contributed by atoms with E-state index in [1.54, 1.807) is 11.3 Å². The number of likely N-dealkylation sites (N-methyl/N-ethyl adjacent to an activating group) is 1. The summed E-state index contributed by atoms with van der Waals surface area (Å²) in [6, 6.07) is -0.230. The van der Waals surface area contributed by atoms with Gasteiger partial charge in [0.05, 0.1) is 26.3 Å². The van der Waals surface area contributed by atoms with Crippen molar-refractivity contribution in [2.24, 2.45) is 0 Å². The lowest BCUT2D eigenvalue weighted by atomic mass is 9.90. The van der Waals surface area contributed by atoms with Gasteiger partial charge in [-0.3, -0.25) is 19.4 Å². The number of amides is 1. The van der Waals surface area contributed by atoms with Crippen molar-refractivity contribution in [1.82, 2.24) is 19.8 Å². The van der Waals surface area contributed by atoms with E-state index in [1.807, 2.05) is 18.6 Å². The summed E-state index contributed by atoms with van der Waals surface area (Å²) in [5.74, 6) is 0.0267. The molecule has 4 rings (SSSR count). The number of carbonyl (C=O) groups excluding carboxylic acids is 1. The molecule has 1 aromatic heterocycles. The SMILES string of the molecule is CN1CC2(CN(Cc3nccs3)C2)OCC1C(=O)N1CCCO1. The Morgan fingerprint density at radius 1 is 1.48 bits per heavy atom. The molecule has 3 saturated heterocycles. The predicted octanol–water partition coefficient (Wildman–Crippen LogP) is 0.192. The summed E-state index contributed by atoms with van der Waals surface area (Å²) in [5.41, 5.74) is -0.130. The molecule has 23 heavy (non-hydrogen) atoms. The smallest absolute Gasteiger partial charge is 0.265 e. The van der Waals surface area contributed by atoms with Crippen LogP contribution < -0.4 is 0 Å². The molecule has 3 aliphatic rings. The molecule has 8 heteroatoms. The molecular formula is C15H22N4O3S. The van der Waals surface area contributed by atoms with E-state index in [-0.39, 0.29) is 17.6 Å². The van der Waals surface area contributed by atoms with Gasteiger partial charge >= 0.3 is 0 Å². The van der Waals surface area contributed by atoms with Gasteiger partial charge in [0.15, 0.2) is 0 Å². The number of carbonyl (C=O) groups is 1. The zero-order valence-corrected chi connectivity index (χ0v) is 14.1. The second-order valence-electron chi connectivity index (χ2n) is 6.62. The predicted molar refractivity (Wildman–Crippen MR) is 84.8 cm³/mol. The van der Waals surface area contributed by atoms with Crippen LogP contribution in [0.4, 0.5) is 0 Å². The van der Waals surface area contributed by atoms with Crippen molar-refractivity contribution >= 4 is 17.2 Å². The molecule has 0 aliphatic carbocycles. The zero-order valence-electron chi connectivity index (χ0n) is 13.3. The molecule has 1 unspecified atom stereocenters. The summed E-state index contributed by atoms with van der Waals surface area (Å²) in [7, 11) is 2.01. The number of thiazole rings is 1. The third-order valence-electron chi connectivity index (χ3n) is 4.77. The van der Waals surface area contributed by atoms with Gasteiger partial charge in [-0.05, 0) is 13.5 Å². The van der Waals surface area contributed by atoms with Crippen molar-refractivity contribution < 1.29 is 14.4 Å². The Morgan fingerprint density at radius 3 is 3.00 bits per heavy atom. The summed E-state index contributed by atoms with van der Waals surface area (Å²) in [5, 5.41) is 4.65. The van der Waals surface area contributed by atoms with Gasteiger partial charge < -0.3 is 4.74 Å². The molecule has 7 nitrogen and oxygen atoms in total. The second-order valence-corrected chi connectivity index (χ2v) is 7.60. The molecule has 0 radical (unpaired) electrons. The van der Waals surface area contributed by atoms with E-state index in [2.05, 4.69) is 14.8 Å². The monoisotopic (exact) mass is 338 g/mol. The Hall–Kier alpha value is -1.06. The highest BCUT2D eigenvalue weighted by atomic mass is 32.1. The Labute approximate surface area is 139 Å². The number of morpholine rings is 1. The number of ether oxygens (including phenoxy) is 1. The summed E-state index contributed by atoms with van der Waals surface area (Å²) < 4.78 is 6.11. The normalized spacial score (nSPS) is 28.2. The van der Waals surface area contributed by atoms with Gasteiger partial charge in [-0.1, -0.05) is 0 Å². The highest BCUT2D eigenvalue weighted by Gasteiger charge is 2.50. The zero-order chi connectivity index (χ0) is 15.9. The largest absolute Gasteiger partial charge is 0.369 e. The molecule has 0 aromatic carbocycles. The fourth-order valence-corrected chi connectivity index (χ4v) is 4.29. The maximum atomic E-state index is 12.5. The fourth-order valence-electron chi connectivity index (χ4n) is 3.63. The Morgan fingerprint density at radius 2 is 2.35 bits per heavy atom. The number of aromatic nitrogens is 1. The van der Waals surface area contributed by atoms with Crippen LogP contribution in [0.1, 0.15) is 11.4 Å². The number of likely N-dealkylation sites (tertiary alicyclic amines) is 1. The molecule has 3 aliphatic heterocycles. The van der Waals surface area contributed by atoms with Gasteiger partial charge in [0.2, 0.25) is 0 Å². The molecule has 1 amide bonds. The van der Waals surface area contributed by atoms with Crippen LogP contribution >= 0.6 is 11.3 Å². The molecule has 4 heterocycles. The molecule has 0 N–H and O–H groups in total. The summed E-state index contributed by atoms with van der Waals surface area (Å²) in [6.45, 7) is 5.24. The molecule has 1 atom stereocenters. The third kappa shape index (κ3) is 3.01. The first-order valence-corrected chi connectivity index (χ1v) is 8.92. The van der Waals surface area contributed by atoms with Crippen molar-refractivity contribution in [1.29, 1.82) is 0 Å². The van der Waals surface area contributed by atoms with Crippen LogP contribution in [-0.4, -0.2) is 83.8 Å². The highest BCUT2D eigenvalue weighted by Crippen LogP contribution is 2.32. The second kappa shape index (κ2) is 6.10. The molecule has 1 spiro atoms. The third-order valence-corrected chi connectivity index (χ3v) is 5.53. The topological polar surface area (TPSA) is 58.1 Å². The van der Waals surface area contributed by atoms with Gasteiger partial charge in [-0.15, -0.1) is 11.3 Å². The van der Waals surface area contributed by atoms with Crippen LogP contribution in [0.3, 0.4) is 0 Å². The molecule has 126 valence electrons. The van der Waals surface area contributed by atoms with Crippen LogP contribution in [0.2, 0.25) is 0 Å². The average molecular weight is 338 g/mol. The van der Waals surface area contributed by atoms with E-state index < -0.39 is 0 Å². The van der Waals surface area contributed by atoms with Gasteiger partial charge in [0, 0.05) is 31.2 Å². The number of nitrogens with zero attached hydrogens (tertiary/aromatic N) is 4. The lowest BCUT2D eigenvalue weighted by Gasteiger charge is -2.54. The van der Waals surface area contributed by atoms with E-state index in [9.17, 15) is 4.79 Å². The van der Waals surface area contributed by atoms with Gasteiger partial charge in [0.25, 0.3) is 5.91 Å². The van der Waals surface area contributed by atoms with Gasteiger partial charge in [-0.2, -0.15) is 0 Å². The van der Waals surface area contributed by atoms with Crippen LogP contribution in [0, 0.1) is 0 Å². The summed E-state index contributed by atoms with van der Waals surface area (Å²) in [6.07, 6.45) is 2.76. The van der Waals surface area contributed by atoms with Gasteiger partial charge in [-0.25, -0.2) is 10.0 Å². The molecule has 0 saturated carbocycles. The van der Waals surface area contributed by atoms with E-state index in [1.165, 1.54) is 5.06 Å². The minimum atomic E-state index is -0.230. The molecule has 0 bridgehead atoms. The van der Waals surface area contributed by atoms with Gasteiger partial charge in [0.1, 0.15) is 16.7 Å². The highest BCUT2D eigenvalue weighted by molar-refractivity contribution is 7.09. The summed E-state index contributed by atoms with van der Waals surface area (Å²) >= 11 is 1.69. The number of hydrogen-bond acceptors (Lipinski definition) is 7. The lowest BCUT2D eigenvalue weighted by Crippen LogP contribution is -2.72. The number of hydroxylamine groups is 2. The van der Waals surface area contributed by atoms with Crippen LogP contribution in [0.5, 0.6) is 0 Å². The van der Waals surface area contributed by atoms with Crippen LogP contribution in [0.15, 0.2) is 11.6 Å². The average Bonchev–Trinajstić information content (AvgIpc) is 3.18. The molecular weight excluding hydrogens is 316 g/mol. The van der Waals surface area contributed by atoms with Crippen LogP contribution in [-0.2, 0) is 20.9 Å². The van der Waals surface area contributed by atoms with Crippen LogP contribution in [0.25, 0.3) is 0 Å². The fraction of sp³-hybridized carbons (Fsp3) is 0.733. The molecule has 1 aromatic rings. The Bertz CT molecular complexity index is 555. The van der Waals surface area contributed by atoms with Crippen molar-refractivity contribution in [3.8, 4) is 0 Å². The Kier molecular flexibility index (Phi) is 4.10. The minimum absolute atomic E-state index is 0.0267. The number of rotatable bonds is 3. The van der Waals surface area contributed by atoms with E-state index in [0.29, 0.717) is 19.8 Å². The van der Waals surface area contributed by atoms with Crippen molar-refractivity contribution in [2.75, 3.05) is 46.4 Å². The van der Waals surface area contributed by atoms with Crippen molar-refractivity contribution in [3.05, 3.63) is 16.6 Å². The minimum Gasteiger partial charge on any atom is -0.369 e. The van der Waals surface area contributed by atoms with E-state index >= 15 is 0 Å².